The second-order valence-electron chi connectivity index (χ2n) is 10.5. The Balaban J connectivity index is 1.34. The summed E-state index contributed by atoms with van der Waals surface area (Å²) in [7, 11) is 0. The average Bonchev–Trinajstić information content (AvgIpc) is 3.12. The number of anilines is 1. The van der Waals surface area contributed by atoms with Gasteiger partial charge in [0.05, 0.1) is 36.7 Å². The van der Waals surface area contributed by atoms with Gasteiger partial charge in [-0.1, -0.05) is 6.07 Å². The Hall–Kier alpha value is -3.73. The van der Waals surface area contributed by atoms with Gasteiger partial charge in [0.2, 0.25) is 5.91 Å². The Labute approximate surface area is 213 Å². The third-order valence-electron chi connectivity index (χ3n) is 6.79. The summed E-state index contributed by atoms with van der Waals surface area (Å²) in [6.45, 7) is 7.84. The summed E-state index contributed by atoms with van der Waals surface area (Å²) < 4.78 is 31.2. The molecule has 11 heteroatoms. The number of nitrogens with one attached hydrogen (secondary N) is 2. The van der Waals surface area contributed by atoms with E-state index < -0.39 is 35.4 Å². The predicted molar refractivity (Wildman–Crippen MR) is 130 cm³/mol. The van der Waals surface area contributed by atoms with Gasteiger partial charge in [-0.3, -0.25) is 14.7 Å². The van der Waals surface area contributed by atoms with Gasteiger partial charge in [-0.2, -0.15) is 0 Å². The van der Waals surface area contributed by atoms with Crippen LogP contribution >= 0.6 is 0 Å². The molecule has 2 unspecified atom stereocenters. The number of pyridine rings is 1. The van der Waals surface area contributed by atoms with Crippen molar-refractivity contribution in [2.75, 3.05) is 24.7 Å². The van der Waals surface area contributed by atoms with Gasteiger partial charge in [0.15, 0.2) is 6.23 Å². The molecule has 2 aliphatic heterocycles. The Morgan fingerprint density at radius 2 is 1.92 bits per heavy atom. The molecule has 196 valence electrons. The molecule has 5 rings (SSSR count). The number of hydrogen-bond donors (Lipinski definition) is 2. The van der Waals surface area contributed by atoms with Crippen LogP contribution in [0.5, 0.6) is 0 Å². The van der Waals surface area contributed by atoms with E-state index in [4.69, 9.17) is 14.2 Å². The van der Waals surface area contributed by atoms with Gasteiger partial charge in [0.25, 0.3) is 0 Å². The maximum absolute atomic E-state index is 15.1. The highest BCUT2D eigenvalue weighted by Crippen LogP contribution is 2.60. The number of amides is 3. The molecular weight excluding hydrogens is 483 g/mol. The highest BCUT2D eigenvalue weighted by molar-refractivity contribution is 5.90. The fourth-order valence-electron chi connectivity index (χ4n) is 5.14. The Morgan fingerprint density at radius 1 is 1.19 bits per heavy atom. The quantitative estimate of drug-likeness (QED) is 0.631. The number of aromatic nitrogens is 1. The summed E-state index contributed by atoms with van der Waals surface area (Å²) in [6, 6.07) is 7.96. The molecule has 0 bridgehead atoms. The molecule has 3 fully saturated rings. The number of nitrogens with zero attached hydrogens (tertiary/aromatic N) is 2. The van der Waals surface area contributed by atoms with E-state index in [-0.39, 0.29) is 24.3 Å². The number of cyclic esters (lactones) is 1. The third-order valence-corrected chi connectivity index (χ3v) is 6.79. The van der Waals surface area contributed by atoms with Crippen molar-refractivity contribution in [1.29, 1.82) is 0 Å². The van der Waals surface area contributed by atoms with Crippen LogP contribution in [-0.2, 0) is 24.5 Å². The second-order valence-corrected chi connectivity index (χ2v) is 10.5. The lowest BCUT2D eigenvalue weighted by atomic mass is 10.0. The number of fused-ring (bicyclic) bond motifs is 1. The largest absolute Gasteiger partial charge is 0.444 e. The van der Waals surface area contributed by atoms with Crippen LogP contribution in [0, 0.1) is 17.7 Å². The van der Waals surface area contributed by atoms with Gasteiger partial charge >= 0.3 is 12.2 Å². The van der Waals surface area contributed by atoms with Crippen molar-refractivity contribution in [3.63, 3.8) is 0 Å². The van der Waals surface area contributed by atoms with Crippen LogP contribution in [0.4, 0.5) is 19.7 Å². The average molecular weight is 513 g/mol. The van der Waals surface area contributed by atoms with Crippen LogP contribution in [0.2, 0.25) is 0 Å². The highest BCUT2D eigenvalue weighted by atomic mass is 19.1. The third kappa shape index (κ3) is 4.71. The number of benzene rings is 1. The molecule has 1 aromatic carbocycles. The monoisotopic (exact) mass is 512 g/mol. The number of halogens is 1. The van der Waals surface area contributed by atoms with Gasteiger partial charge in [0, 0.05) is 36.1 Å². The second kappa shape index (κ2) is 8.98. The number of hydrogen-bond acceptors (Lipinski definition) is 7. The van der Waals surface area contributed by atoms with E-state index in [1.165, 1.54) is 17.9 Å². The van der Waals surface area contributed by atoms with Crippen molar-refractivity contribution in [1.82, 2.24) is 15.6 Å². The van der Waals surface area contributed by atoms with Crippen molar-refractivity contribution < 1.29 is 33.0 Å². The molecule has 10 nitrogen and oxygen atoms in total. The minimum Gasteiger partial charge on any atom is -0.444 e. The standard InChI is InChI=1S/C26H29FN4O6/c1-14(32)29-22-11-31(24(34)36-22)16-6-7-17(20(27)9-16)15-5-8-21(28-10-15)26(18-12-35-13-19(18)26)30-23(33)37-25(2,3)4/h5-10,18-19,22H,11-13H2,1-4H3,(H,29,32)(H,30,33)/t18-,19+,22?,26?. The minimum absolute atomic E-state index is 0.0756. The van der Waals surface area contributed by atoms with Gasteiger partial charge in [-0.05, 0) is 45.0 Å². The molecule has 3 heterocycles. The predicted octanol–water partition coefficient (Wildman–Crippen LogP) is 3.30. The van der Waals surface area contributed by atoms with E-state index in [1.54, 1.807) is 51.2 Å². The number of rotatable bonds is 5. The fraction of sp³-hybridized carbons (Fsp3) is 0.462. The number of carbonyl (C=O) groups excluding carboxylic acids is 3. The zero-order valence-corrected chi connectivity index (χ0v) is 21.0. The van der Waals surface area contributed by atoms with E-state index >= 15 is 4.39 Å². The van der Waals surface area contributed by atoms with E-state index in [0.717, 1.165) is 0 Å². The molecule has 4 atom stereocenters. The maximum Gasteiger partial charge on any atom is 0.416 e. The smallest absolute Gasteiger partial charge is 0.416 e. The Bertz CT molecular complexity index is 1230. The van der Waals surface area contributed by atoms with E-state index in [0.29, 0.717) is 35.7 Å². The van der Waals surface area contributed by atoms with E-state index in [1.807, 2.05) is 0 Å². The van der Waals surface area contributed by atoms with Crippen molar-refractivity contribution >= 4 is 23.8 Å². The molecule has 1 saturated carbocycles. The summed E-state index contributed by atoms with van der Waals surface area (Å²) >= 11 is 0. The molecule has 37 heavy (non-hydrogen) atoms. The molecule has 2 N–H and O–H groups in total. The number of ether oxygens (including phenoxy) is 3. The van der Waals surface area contributed by atoms with Crippen molar-refractivity contribution in [3.8, 4) is 11.1 Å². The fourth-order valence-corrected chi connectivity index (χ4v) is 5.14. The molecule has 0 radical (unpaired) electrons. The van der Waals surface area contributed by atoms with E-state index in [9.17, 15) is 14.4 Å². The Kier molecular flexibility index (Phi) is 6.06. The van der Waals surface area contributed by atoms with Gasteiger partial charge < -0.3 is 24.8 Å². The van der Waals surface area contributed by atoms with Crippen molar-refractivity contribution in [2.24, 2.45) is 11.8 Å². The normalized spacial score (nSPS) is 26.4. The molecule has 3 amide bonds. The summed E-state index contributed by atoms with van der Waals surface area (Å²) in [5, 5.41) is 5.53. The van der Waals surface area contributed by atoms with Crippen molar-refractivity contribution in [2.45, 2.75) is 45.1 Å². The number of carbonyl (C=O) groups is 3. The maximum atomic E-state index is 15.1. The lowest BCUT2D eigenvalue weighted by molar-refractivity contribution is -0.121. The molecule has 0 spiro atoms. The van der Waals surface area contributed by atoms with Crippen LogP contribution in [0.1, 0.15) is 33.4 Å². The first kappa shape index (κ1) is 24.9. The SMILES string of the molecule is CC(=O)NC1CN(c2ccc(-c3ccc(C4(NC(=O)OC(C)(C)C)[C@@H]5COC[C@@H]54)nc3)c(F)c2)C(=O)O1. The molecule has 2 saturated heterocycles. The molecule has 3 aliphatic rings. The van der Waals surface area contributed by atoms with Crippen LogP contribution in [0.3, 0.4) is 0 Å². The first-order chi connectivity index (χ1) is 17.5. The highest BCUT2D eigenvalue weighted by Gasteiger charge is 2.70. The summed E-state index contributed by atoms with van der Waals surface area (Å²) in [5.74, 6) is -0.685. The molecule has 1 aromatic heterocycles. The first-order valence-corrected chi connectivity index (χ1v) is 12.1. The Morgan fingerprint density at radius 3 is 2.51 bits per heavy atom. The van der Waals surface area contributed by atoms with E-state index in [2.05, 4.69) is 15.6 Å². The number of alkyl carbamates (subject to hydrolysis) is 1. The van der Waals surface area contributed by atoms with Crippen LogP contribution < -0.4 is 15.5 Å². The summed E-state index contributed by atoms with van der Waals surface area (Å²) in [5.41, 5.74) is 0.520. The first-order valence-electron chi connectivity index (χ1n) is 12.1. The molecular formula is C26H29FN4O6. The topological polar surface area (TPSA) is 119 Å². The van der Waals surface area contributed by atoms with Gasteiger partial charge in [-0.15, -0.1) is 0 Å². The minimum atomic E-state index is -0.793. The van der Waals surface area contributed by atoms with Crippen LogP contribution in [-0.4, -0.2) is 54.7 Å². The van der Waals surface area contributed by atoms with Crippen LogP contribution in [0.15, 0.2) is 36.5 Å². The zero-order valence-electron chi connectivity index (χ0n) is 21.0. The molecule has 2 aromatic rings. The van der Waals surface area contributed by atoms with Crippen LogP contribution in [0.25, 0.3) is 11.1 Å². The van der Waals surface area contributed by atoms with Crippen molar-refractivity contribution in [3.05, 3.63) is 48.0 Å². The molecule has 1 aliphatic carbocycles. The lowest BCUT2D eigenvalue weighted by Crippen LogP contribution is -2.43. The zero-order chi connectivity index (χ0) is 26.5. The summed E-state index contributed by atoms with van der Waals surface area (Å²) in [4.78, 5) is 41.9. The van der Waals surface area contributed by atoms with Gasteiger partial charge in [-0.25, -0.2) is 14.0 Å². The van der Waals surface area contributed by atoms with Gasteiger partial charge in [0.1, 0.15) is 11.4 Å². The lowest BCUT2D eigenvalue weighted by Gasteiger charge is -2.26. The summed E-state index contributed by atoms with van der Waals surface area (Å²) in [6.07, 6.45) is -0.412.